The van der Waals surface area contributed by atoms with Gasteiger partial charge in [0.1, 0.15) is 6.04 Å². The monoisotopic (exact) mass is 262 g/mol. The van der Waals surface area contributed by atoms with E-state index < -0.39 is 16.3 Å². The summed E-state index contributed by atoms with van der Waals surface area (Å²) in [5.41, 5.74) is 5.22. The van der Waals surface area contributed by atoms with Crippen molar-refractivity contribution in [3.63, 3.8) is 0 Å². The molecule has 0 spiro atoms. The van der Waals surface area contributed by atoms with Crippen LogP contribution in [0.2, 0.25) is 0 Å². The van der Waals surface area contributed by atoms with Gasteiger partial charge in [0, 0.05) is 6.54 Å². The molecule has 0 aliphatic carbocycles. The van der Waals surface area contributed by atoms with Crippen molar-refractivity contribution < 1.29 is 9.59 Å². The number of nitrogens with two attached hydrogens (primary N) is 1. The molecule has 1 fully saturated rings. The summed E-state index contributed by atoms with van der Waals surface area (Å²) in [6, 6.07) is -0.417. The van der Waals surface area contributed by atoms with Crippen LogP contribution in [0.25, 0.3) is 0 Å². The van der Waals surface area contributed by atoms with E-state index in [1.165, 1.54) is 0 Å². The number of primary amides is 1. The molecule has 1 saturated heterocycles. The van der Waals surface area contributed by atoms with Gasteiger partial charge in [0.2, 0.25) is 11.8 Å². The van der Waals surface area contributed by atoms with Gasteiger partial charge in [0.15, 0.2) is 0 Å². The quantitative estimate of drug-likeness (QED) is 0.743. The fourth-order valence-electron chi connectivity index (χ4n) is 1.65. The molecule has 14 heavy (non-hydrogen) atoms. The summed E-state index contributed by atoms with van der Waals surface area (Å²) >= 11 is 3.29. The Labute approximate surface area is 91.9 Å². The van der Waals surface area contributed by atoms with Crippen LogP contribution in [0.15, 0.2) is 0 Å². The maximum absolute atomic E-state index is 11.9. The third-order valence-electron chi connectivity index (χ3n) is 2.35. The van der Waals surface area contributed by atoms with Crippen molar-refractivity contribution >= 4 is 27.7 Å². The molecule has 1 unspecified atom stereocenters. The molecule has 1 atom stereocenters. The molecule has 80 valence electrons. The van der Waals surface area contributed by atoms with Crippen molar-refractivity contribution in [2.45, 2.75) is 37.1 Å². The first-order valence-corrected chi connectivity index (χ1v) is 5.42. The van der Waals surface area contributed by atoms with Crippen molar-refractivity contribution in [1.82, 2.24) is 4.90 Å². The average Bonchev–Trinajstić information content (AvgIpc) is 2.48. The van der Waals surface area contributed by atoms with Crippen molar-refractivity contribution in [3.05, 3.63) is 0 Å². The van der Waals surface area contributed by atoms with E-state index in [-0.39, 0.29) is 5.91 Å². The Balaban J connectivity index is 2.77. The normalized spacial score (nSPS) is 22.5. The molecule has 2 amide bonds. The van der Waals surface area contributed by atoms with E-state index in [2.05, 4.69) is 15.9 Å². The topological polar surface area (TPSA) is 63.4 Å². The number of carbonyl (C=O) groups excluding carboxylic acids is 2. The van der Waals surface area contributed by atoms with E-state index in [4.69, 9.17) is 5.73 Å². The summed E-state index contributed by atoms with van der Waals surface area (Å²) in [4.78, 5) is 24.5. The minimum absolute atomic E-state index is 0.0706. The van der Waals surface area contributed by atoms with E-state index in [0.29, 0.717) is 13.0 Å². The minimum atomic E-state index is -0.620. The maximum atomic E-state index is 11.9. The van der Waals surface area contributed by atoms with Crippen LogP contribution in [-0.4, -0.2) is 33.6 Å². The van der Waals surface area contributed by atoms with Crippen LogP contribution in [0.5, 0.6) is 0 Å². The Morgan fingerprint density at radius 2 is 2.07 bits per heavy atom. The molecule has 0 aromatic carbocycles. The second kappa shape index (κ2) is 3.88. The predicted molar refractivity (Wildman–Crippen MR) is 56.9 cm³/mol. The Kier molecular flexibility index (Phi) is 3.19. The largest absolute Gasteiger partial charge is 0.368 e. The molecule has 4 nitrogen and oxygen atoms in total. The second-order valence-corrected chi connectivity index (χ2v) is 6.01. The van der Waals surface area contributed by atoms with Gasteiger partial charge in [-0.25, -0.2) is 0 Å². The summed E-state index contributed by atoms with van der Waals surface area (Å²) in [7, 11) is 0. The number of carbonyl (C=O) groups is 2. The highest BCUT2D eigenvalue weighted by molar-refractivity contribution is 9.10. The number of likely N-dealkylation sites (tertiary alicyclic amines) is 1. The van der Waals surface area contributed by atoms with E-state index in [9.17, 15) is 9.59 Å². The van der Waals surface area contributed by atoms with Gasteiger partial charge < -0.3 is 10.6 Å². The molecule has 2 N–H and O–H groups in total. The van der Waals surface area contributed by atoms with Crippen LogP contribution in [0.3, 0.4) is 0 Å². The van der Waals surface area contributed by atoms with Crippen molar-refractivity contribution in [1.29, 1.82) is 0 Å². The van der Waals surface area contributed by atoms with Gasteiger partial charge in [0.05, 0.1) is 4.32 Å². The van der Waals surface area contributed by atoms with Gasteiger partial charge in [-0.3, -0.25) is 9.59 Å². The van der Waals surface area contributed by atoms with E-state index in [0.717, 1.165) is 6.42 Å². The van der Waals surface area contributed by atoms with Gasteiger partial charge in [-0.1, -0.05) is 15.9 Å². The lowest BCUT2D eigenvalue weighted by Gasteiger charge is -2.28. The van der Waals surface area contributed by atoms with Crippen LogP contribution in [0, 0.1) is 0 Å². The Hall–Kier alpha value is -0.580. The summed E-state index contributed by atoms with van der Waals surface area (Å²) in [6.45, 7) is 4.17. The van der Waals surface area contributed by atoms with E-state index in [1.54, 1.807) is 18.7 Å². The van der Waals surface area contributed by atoms with Crippen LogP contribution in [0.4, 0.5) is 0 Å². The lowest BCUT2D eigenvalue weighted by molar-refractivity contribution is -0.138. The average molecular weight is 263 g/mol. The molecule has 0 aromatic heterocycles. The third kappa shape index (κ3) is 2.26. The van der Waals surface area contributed by atoms with Crippen LogP contribution in [0.1, 0.15) is 26.7 Å². The summed E-state index contributed by atoms with van der Waals surface area (Å²) < 4.78 is -0.620. The molecular weight excluding hydrogens is 248 g/mol. The van der Waals surface area contributed by atoms with Crippen molar-refractivity contribution in [2.24, 2.45) is 5.73 Å². The maximum Gasteiger partial charge on any atom is 0.240 e. The number of rotatable bonds is 2. The SMILES string of the molecule is CC(C)(Br)C(=O)N1CCCC1C(N)=O. The van der Waals surface area contributed by atoms with Crippen LogP contribution in [-0.2, 0) is 9.59 Å². The highest BCUT2D eigenvalue weighted by atomic mass is 79.9. The predicted octanol–water partition coefficient (Wildman–Crippen LogP) is 0.636. The zero-order valence-electron chi connectivity index (χ0n) is 8.42. The number of amides is 2. The third-order valence-corrected chi connectivity index (χ3v) is 2.69. The molecule has 1 heterocycles. The minimum Gasteiger partial charge on any atom is -0.368 e. The van der Waals surface area contributed by atoms with Crippen molar-refractivity contribution in [3.8, 4) is 0 Å². The number of alkyl halides is 1. The summed E-state index contributed by atoms with van der Waals surface area (Å²) in [5, 5.41) is 0. The fraction of sp³-hybridized carbons (Fsp3) is 0.778. The molecular formula is C9H15BrN2O2. The highest BCUT2D eigenvalue weighted by Gasteiger charge is 2.38. The number of hydrogen-bond donors (Lipinski definition) is 1. The number of nitrogens with zero attached hydrogens (tertiary/aromatic N) is 1. The van der Waals surface area contributed by atoms with Gasteiger partial charge >= 0.3 is 0 Å². The van der Waals surface area contributed by atoms with Crippen molar-refractivity contribution in [2.75, 3.05) is 6.54 Å². The molecule has 1 aliphatic rings. The number of halogens is 1. The van der Waals surface area contributed by atoms with E-state index >= 15 is 0 Å². The molecule has 1 rings (SSSR count). The fourth-order valence-corrected chi connectivity index (χ4v) is 1.87. The molecule has 0 aromatic rings. The highest BCUT2D eigenvalue weighted by Crippen LogP contribution is 2.25. The van der Waals surface area contributed by atoms with Gasteiger partial charge in [0.25, 0.3) is 0 Å². The molecule has 1 aliphatic heterocycles. The Morgan fingerprint density at radius 1 is 1.50 bits per heavy atom. The molecule has 0 bridgehead atoms. The standard InChI is InChI=1S/C9H15BrN2O2/c1-9(2,10)8(14)12-5-3-4-6(12)7(11)13/h6H,3-5H2,1-2H3,(H2,11,13). The second-order valence-electron chi connectivity index (χ2n) is 4.03. The lowest BCUT2D eigenvalue weighted by atomic mass is 10.1. The van der Waals surface area contributed by atoms with Crippen LogP contribution < -0.4 is 5.73 Å². The van der Waals surface area contributed by atoms with E-state index in [1.807, 2.05) is 0 Å². The Bertz CT molecular complexity index is 260. The zero-order chi connectivity index (χ0) is 10.9. The first-order valence-electron chi connectivity index (χ1n) is 4.63. The Morgan fingerprint density at radius 3 is 2.50 bits per heavy atom. The number of hydrogen-bond acceptors (Lipinski definition) is 2. The van der Waals surface area contributed by atoms with Gasteiger partial charge in [-0.2, -0.15) is 0 Å². The first-order chi connectivity index (χ1) is 6.34. The van der Waals surface area contributed by atoms with Gasteiger partial charge in [-0.05, 0) is 26.7 Å². The molecule has 5 heteroatoms. The molecule has 0 saturated carbocycles. The summed E-state index contributed by atoms with van der Waals surface area (Å²) in [5.74, 6) is -0.480. The smallest absolute Gasteiger partial charge is 0.240 e. The zero-order valence-corrected chi connectivity index (χ0v) is 10.0. The van der Waals surface area contributed by atoms with Gasteiger partial charge in [-0.15, -0.1) is 0 Å². The molecule has 0 radical (unpaired) electrons. The lowest BCUT2D eigenvalue weighted by Crippen LogP contribution is -2.49. The van der Waals surface area contributed by atoms with Crippen LogP contribution >= 0.6 is 15.9 Å². The first kappa shape index (κ1) is 11.5. The summed E-state index contributed by atoms with van der Waals surface area (Å²) in [6.07, 6.45) is 1.53.